The maximum atomic E-state index is 12.7. The number of unbranched alkanes of at least 4 members (excludes halogenated alkanes) is 2. The van der Waals surface area contributed by atoms with E-state index in [4.69, 9.17) is 14.2 Å². The minimum absolute atomic E-state index is 0.200. The Morgan fingerprint density at radius 1 is 0.710 bits per heavy atom. The SMILES string of the molecule is CCCCCOc1ccc(C(=O)Nc2ccccc2OCCOc2ccccc2)cc1. The Labute approximate surface area is 184 Å². The molecular weight excluding hydrogens is 390 g/mol. The first-order chi connectivity index (χ1) is 15.3. The molecule has 0 spiro atoms. The maximum Gasteiger partial charge on any atom is 0.255 e. The summed E-state index contributed by atoms with van der Waals surface area (Å²) < 4.78 is 17.2. The standard InChI is InChI=1S/C26H29NO4/c1-2-3-9-18-29-23-16-14-21(15-17-23)26(28)27-24-12-7-8-13-25(24)31-20-19-30-22-10-5-4-6-11-22/h4-8,10-17H,2-3,9,18-20H2,1H3,(H,27,28). The van der Waals surface area contributed by atoms with Crippen molar-refractivity contribution >= 4 is 11.6 Å². The molecule has 0 saturated heterocycles. The van der Waals surface area contributed by atoms with Gasteiger partial charge in [-0.05, 0) is 55.0 Å². The van der Waals surface area contributed by atoms with Gasteiger partial charge in [-0.25, -0.2) is 0 Å². The topological polar surface area (TPSA) is 56.8 Å². The molecule has 0 saturated carbocycles. The van der Waals surface area contributed by atoms with E-state index in [1.54, 1.807) is 12.1 Å². The molecule has 1 amide bonds. The number of ether oxygens (including phenoxy) is 3. The lowest BCUT2D eigenvalue weighted by atomic mass is 10.2. The molecule has 1 N–H and O–H groups in total. The number of para-hydroxylation sites is 3. The van der Waals surface area contributed by atoms with E-state index in [1.807, 2.05) is 66.7 Å². The van der Waals surface area contributed by atoms with Gasteiger partial charge in [0, 0.05) is 5.56 Å². The molecule has 162 valence electrons. The van der Waals surface area contributed by atoms with E-state index in [1.165, 1.54) is 0 Å². The van der Waals surface area contributed by atoms with E-state index in [0.29, 0.717) is 36.8 Å². The lowest BCUT2D eigenvalue weighted by Crippen LogP contribution is -2.14. The van der Waals surface area contributed by atoms with Gasteiger partial charge in [0.15, 0.2) is 0 Å². The number of hydrogen-bond acceptors (Lipinski definition) is 4. The molecule has 0 aliphatic rings. The summed E-state index contributed by atoms with van der Waals surface area (Å²) in [4.78, 5) is 12.7. The van der Waals surface area contributed by atoms with Crippen molar-refractivity contribution in [2.75, 3.05) is 25.1 Å². The molecule has 0 bridgehead atoms. The Hall–Kier alpha value is -3.47. The first-order valence-electron chi connectivity index (χ1n) is 10.7. The number of carbonyl (C=O) groups is 1. The van der Waals surface area contributed by atoms with Crippen LogP contribution in [0.5, 0.6) is 17.2 Å². The van der Waals surface area contributed by atoms with Gasteiger partial charge in [-0.3, -0.25) is 4.79 Å². The van der Waals surface area contributed by atoms with Gasteiger partial charge < -0.3 is 19.5 Å². The highest BCUT2D eigenvalue weighted by atomic mass is 16.5. The molecule has 0 fully saturated rings. The second kappa shape index (κ2) is 12.3. The summed E-state index contributed by atoms with van der Waals surface area (Å²) in [5.41, 5.74) is 1.18. The van der Waals surface area contributed by atoms with Crippen LogP contribution in [-0.2, 0) is 0 Å². The molecule has 5 nitrogen and oxygen atoms in total. The van der Waals surface area contributed by atoms with E-state index >= 15 is 0 Å². The lowest BCUT2D eigenvalue weighted by molar-refractivity contribution is 0.102. The van der Waals surface area contributed by atoms with Crippen LogP contribution in [0.3, 0.4) is 0 Å². The minimum Gasteiger partial charge on any atom is -0.494 e. The van der Waals surface area contributed by atoms with E-state index in [0.717, 1.165) is 30.8 Å². The predicted octanol–water partition coefficient (Wildman–Crippen LogP) is 5.97. The van der Waals surface area contributed by atoms with Gasteiger partial charge in [0.1, 0.15) is 30.5 Å². The summed E-state index contributed by atoms with van der Waals surface area (Å²) in [5, 5.41) is 2.92. The molecule has 0 heterocycles. The molecule has 5 heteroatoms. The Bertz CT molecular complexity index is 926. The third-order valence-corrected chi connectivity index (χ3v) is 4.62. The molecule has 3 aromatic carbocycles. The molecule has 3 aromatic rings. The fourth-order valence-electron chi connectivity index (χ4n) is 2.96. The van der Waals surface area contributed by atoms with Crippen molar-refractivity contribution in [3.63, 3.8) is 0 Å². The highest BCUT2D eigenvalue weighted by Gasteiger charge is 2.10. The number of carbonyl (C=O) groups excluding carboxylic acids is 1. The zero-order chi connectivity index (χ0) is 21.7. The summed E-state index contributed by atoms with van der Waals surface area (Å²) in [6, 6.07) is 24.1. The summed E-state index contributed by atoms with van der Waals surface area (Å²) in [5.74, 6) is 1.97. The first kappa shape index (κ1) is 22.2. The number of nitrogens with one attached hydrogen (secondary N) is 1. The van der Waals surface area contributed by atoms with Crippen molar-refractivity contribution in [2.24, 2.45) is 0 Å². The van der Waals surface area contributed by atoms with Crippen LogP contribution in [0.25, 0.3) is 0 Å². The average molecular weight is 420 g/mol. The monoisotopic (exact) mass is 419 g/mol. The predicted molar refractivity (Wildman–Crippen MR) is 123 cm³/mol. The van der Waals surface area contributed by atoms with Crippen molar-refractivity contribution < 1.29 is 19.0 Å². The van der Waals surface area contributed by atoms with Gasteiger partial charge in [-0.15, -0.1) is 0 Å². The fourth-order valence-corrected chi connectivity index (χ4v) is 2.96. The summed E-state index contributed by atoms with van der Waals surface area (Å²) in [7, 11) is 0. The summed E-state index contributed by atoms with van der Waals surface area (Å²) in [6.07, 6.45) is 3.35. The van der Waals surface area contributed by atoms with E-state index in [2.05, 4.69) is 12.2 Å². The van der Waals surface area contributed by atoms with Gasteiger partial charge >= 0.3 is 0 Å². The van der Waals surface area contributed by atoms with Crippen molar-refractivity contribution in [2.45, 2.75) is 26.2 Å². The van der Waals surface area contributed by atoms with Crippen molar-refractivity contribution in [3.8, 4) is 17.2 Å². The quantitative estimate of drug-likeness (QED) is 0.368. The van der Waals surface area contributed by atoms with Gasteiger partial charge in [0.25, 0.3) is 5.91 Å². The second-order valence-electron chi connectivity index (χ2n) is 7.04. The van der Waals surface area contributed by atoms with Crippen molar-refractivity contribution in [1.29, 1.82) is 0 Å². The largest absolute Gasteiger partial charge is 0.494 e. The van der Waals surface area contributed by atoms with E-state index < -0.39 is 0 Å². The molecule has 0 aliphatic carbocycles. The number of anilines is 1. The average Bonchev–Trinajstić information content (AvgIpc) is 2.81. The lowest BCUT2D eigenvalue weighted by Gasteiger charge is -2.13. The number of benzene rings is 3. The van der Waals surface area contributed by atoms with E-state index in [9.17, 15) is 4.79 Å². The number of amides is 1. The van der Waals surface area contributed by atoms with Gasteiger partial charge in [0.2, 0.25) is 0 Å². The Morgan fingerprint density at radius 3 is 2.13 bits per heavy atom. The molecule has 0 atom stereocenters. The summed E-state index contributed by atoms with van der Waals surface area (Å²) in [6.45, 7) is 3.63. The Balaban J connectivity index is 1.50. The molecule has 31 heavy (non-hydrogen) atoms. The molecular formula is C26H29NO4. The van der Waals surface area contributed by atoms with Crippen LogP contribution in [0.4, 0.5) is 5.69 Å². The van der Waals surface area contributed by atoms with Crippen molar-refractivity contribution in [1.82, 2.24) is 0 Å². The molecule has 0 aliphatic heterocycles. The first-order valence-corrected chi connectivity index (χ1v) is 10.7. The van der Waals surface area contributed by atoms with Gasteiger partial charge in [0.05, 0.1) is 12.3 Å². The molecule has 0 aromatic heterocycles. The van der Waals surface area contributed by atoms with Crippen LogP contribution in [0.1, 0.15) is 36.5 Å². The van der Waals surface area contributed by atoms with Crippen LogP contribution in [-0.4, -0.2) is 25.7 Å². The zero-order valence-corrected chi connectivity index (χ0v) is 17.9. The van der Waals surface area contributed by atoms with Crippen LogP contribution in [0, 0.1) is 0 Å². The third-order valence-electron chi connectivity index (χ3n) is 4.62. The maximum absolute atomic E-state index is 12.7. The number of rotatable bonds is 12. The summed E-state index contributed by atoms with van der Waals surface area (Å²) >= 11 is 0. The number of hydrogen-bond donors (Lipinski definition) is 1. The van der Waals surface area contributed by atoms with Crippen LogP contribution < -0.4 is 19.5 Å². The molecule has 3 rings (SSSR count). The van der Waals surface area contributed by atoms with Gasteiger partial charge in [-0.1, -0.05) is 50.1 Å². The van der Waals surface area contributed by atoms with Crippen LogP contribution in [0.2, 0.25) is 0 Å². The highest BCUT2D eigenvalue weighted by Crippen LogP contribution is 2.25. The normalized spacial score (nSPS) is 10.4. The van der Waals surface area contributed by atoms with Gasteiger partial charge in [-0.2, -0.15) is 0 Å². The zero-order valence-electron chi connectivity index (χ0n) is 17.9. The minimum atomic E-state index is -0.200. The second-order valence-corrected chi connectivity index (χ2v) is 7.04. The highest BCUT2D eigenvalue weighted by molar-refractivity contribution is 6.05. The van der Waals surface area contributed by atoms with Crippen LogP contribution in [0.15, 0.2) is 78.9 Å². The Morgan fingerprint density at radius 2 is 1.35 bits per heavy atom. The molecule has 0 radical (unpaired) electrons. The van der Waals surface area contributed by atoms with Crippen molar-refractivity contribution in [3.05, 3.63) is 84.4 Å². The Kier molecular flexibility index (Phi) is 8.80. The fraction of sp³-hybridized carbons (Fsp3) is 0.269. The smallest absolute Gasteiger partial charge is 0.255 e. The molecule has 0 unspecified atom stereocenters. The van der Waals surface area contributed by atoms with Crippen LogP contribution >= 0.6 is 0 Å². The van der Waals surface area contributed by atoms with E-state index in [-0.39, 0.29) is 5.91 Å². The third kappa shape index (κ3) is 7.37.